The lowest BCUT2D eigenvalue weighted by atomic mass is 10.1. The van der Waals surface area contributed by atoms with E-state index in [2.05, 4.69) is 34.6 Å². The monoisotopic (exact) mass is 412 g/mol. The first-order chi connectivity index (χ1) is 15.3. The first-order valence-corrected chi connectivity index (χ1v) is 10.4. The maximum atomic E-state index is 5.70. The molecule has 7 heteroatoms. The second-order valence-corrected chi connectivity index (χ2v) is 7.48. The van der Waals surface area contributed by atoms with Gasteiger partial charge in [-0.2, -0.15) is 4.98 Å². The molecule has 0 aliphatic carbocycles. The van der Waals surface area contributed by atoms with Gasteiger partial charge in [0.05, 0.1) is 24.6 Å². The van der Waals surface area contributed by atoms with Crippen molar-refractivity contribution in [3.8, 4) is 17.1 Å². The van der Waals surface area contributed by atoms with Gasteiger partial charge in [-0.3, -0.25) is 4.57 Å². The summed E-state index contributed by atoms with van der Waals surface area (Å²) < 4.78 is 7.55. The standard InChI is InChI=1S/C24H24N6O/c25-11-9-20-14-30(16-26-20)24-28-22-10-12-31-15-21(22)23(29-24)27-19-8-4-7-18(13-19)17-5-2-1-3-6-17/h1-8,13-14,16H,9-12,15,25H2,(H,27,28,29). The Hall–Kier alpha value is -3.55. The van der Waals surface area contributed by atoms with Crippen LogP contribution in [0, 0.1) is 0 Å². The SMILES string of the molecule is NCCc1cn(-c2nc3c(c(Nc4cccc(-c5ccccc5)c4)n2)COCC3)cn1. The third kappa shape index (κ3) is 4.19. The summed E-state index contributed by atoms with van der Waals surface area (Å²) >= 11 is 0. The Morgan fingerprint density at radius 3 is 2.77 bits per heavy atom. The molecule has 2 aromatic carbocycles. The lowest BCUT2D eigenvalue weighted by Crippen LogP contribution is -2.17. The van der Waals surface area contributed by atoms with Crippen molar-refractivity contribution in [2.75, 3.05) is 18.5 Å². The summed E-state index contributed by atoms with van der Waals surface area (Å²) in [6, 6.07) is 18.7. The summed E-state index contributed by atoms with van der Waals surface area (Å²) in [6.45, 7) is 1.72. The molecule has 0 unspecified atom stereocenters. The molecule has 0 spiro atoms. The molecule has 0 bridgehead atoms. The van der Waals surface area contributed by atoms with E-state index >= 15 is 0 Å². The Morgan fingerprint density at radius 1 is 1.03 bits per heavy atom. The van der Waals surface area contributed by atoms with Crippen LogP contribution in [-0.2, 0) is 24.2 Å². The number of nitrogens with two attached hydrogens (primary N) is 1. The Morgan fingerprint density at radius 2 is 1.90 bits per heavy atom. The van der Waals surface area contributed by atoms with Crippen molar-refractivity contribution in [3.63, 3.8) is 0 Å². The smallest absolute Gasteiger partial charge is 0.237 e. The summed E-state index contributed by atoms with van der Waals surface area (Å²) in [5.74, 6) is 1.36. The molecule has 31 heavy (non-hydrogen) atoms. The highest BCUT2D eigenvalue weighted by molar-refractivity contribution is 5.71. The predicted molar refractivity (Wildman–Crippen MR) is 120 cm³/mol. The maximum absolute atomic E-state index is 5.70. The summed E-state index contributed by atoms with van der Waals surface area (Å²) in [7, 11) is 0. The summed E-state index contributed by atoms with van der Waals surface area (Å²) in [4.78, 5) is 14.0. The Labute approximate surface area is 181 Å². The fourth-order valence-corrected chi connectivity index (χ4v) is 3.73. The third-order valence-corrected chi connectivity index (χ3v) is 5.31. The van der Waals surface area contributed by atoms with Gasteiger partial charge in [0.1, 0.15) is 12.1 Å². The van der Waals surface area contributed by atoms with Gasteiger partial charge in [-0.05, 0) is 29.8 Å². The summed E-state index contributed by atoms with van der Waals surface area (Å²) in [5.41, 5.74) is 11.9. The van der Waals surface area contributed by atoms with Gasteiger partial charge < -0.3 is 15.8 Å². The molecule has 5 rings (SSSR count). The first-order valence-electron chi connectivity index (χ1n) is 10.4. The van der Waals surface area contributed by atoms with Crippen molar-refractivity contribution in [1.29, 1.82) is 0 Å². The molecule has 0 radical (unpaired) electrons. The van der Waals surface area contributed by atoms with Gasteiger partial charge in [0.15, 0.2) is 0 Å². The average molecular weight is 412 g/mol. The number of imidazole rings is 1. The number of rotatable bonds is 6. The number of hydrogen-bond acceptors (Lipinski definition) is 6. The zero-order chi connectivity index (χ0) is 21.0. The molecule has 0 amide bonds. The van der Waals surface area contributed by atoms with Crippen LogP contribution in [0.2, 0.25) is 0 Å². The van der Waals surface area contributed by atoms with Crippen molar-refractivity contribution in [3.05, 3.63) is 84.1 Å². The fraction of sp³-hybridized carbons (Fsp3) is 0.208. The number of benzene rings is 2. The van der Waals surface area contributed by atoms with E-state index in [1.54, 1.807) is 6.33 Å². The number of anilines is 2. The van der Waals surface area contributed by atoms with Gasteiger partial charge in [-0.15, -0.1) is 0 Å². The number of ether oxygens (including phenoxy) is 1. The molecule has 156 valence electrons. The zero-order valence-corrected chi connectivity index (χ0v) is 17.2. The Kier molecular flexibility index (Phi) is 5.43. The molecule has 2 aromatic heterocycles. The van der Waals surface area contributed by atoms with Gasteiger partial charge in [0.25, 0.3) is 0 Å². The van der Waals surface area contributed by atoms with E-state index in [1.165, 1.54) is 5.56 Å². The molecular weight excluding hydrogens is 388 g/mol. The van der Waals surface area contributed by atoms with Crippen LogP contribution in [-0.4, -0.2) is 32.7 Å². The van der Waals surface area contributed by atoms with Gasteiger partial charge in [0, 0.05) is 30.3 Å². The van der Waals surface area contributed by atoms with Crippen LogP contribution in [0.1, 0.15) is 17.0 Å². The van der Waals surface area contributed by atoms with Crippen LogP contribution < -0.4 is 11.1 Å². The largest absolute Gasteiger partial charge is 0.376 e. The van der Waals surface area contributed by atoms with Gasteiger partial charge in [-0.25, -0.2) is 9.97 Å². The number of nitrogens with one attached hydrogen (secondary N) is 1. The second kappa shape index (κ2) is 8.67. The lowest BCUT2D eigenvalue weighted by molar-refractivity contribution is 0.109. The summed E-state index contributed by atoms with van der Waals surface area (Å²) in [6.07, 6.45) is 5.16. The van der Waals surface area contributed by atoms with Crippen LogP contribution in [0.4, 0.5) is 11.5 Å². The quantitative estimate of drug-likeness (QED) is 0.502. The fourth-order valence-electron chi connectivity index (χ4n) is 3.73. The van der Waals surface area contributed by atoms with E-state index < -0.39 is 0 Å². The van der Waals surface area contributed by atoms with Gasteiger partial charge in [0.2, 0.25) is 5.95 Å². The summed E-state index contributed by atoms with van der Waals surface area (Å²) in [5, 5.41) is 3.50. The topological polar surface area (TPSA) is 90.9 Å². The Bertz CT molecular complexity index is 1190. The van der Waals surface area contributed by atoms with E-state index in [-0.39, 0.29) is 0 Å². The van der Waals surface area contributed by atoms with Crippen molar-refractivity contribution in [2.24, 2.45) is 5.73 Å². The number of aromatic nitrogens is 4. The van der Waals surface area contributed by atoms with E-state index in [9.17, 15) is 0 Å². The van der Waals surface area contributed by atoms with E-state index in [1.807, 2.05) is 41.1 Å². The number of fused-ring (bicyclic) bond motifs is 1. The van der Waals surface area contributed by atoms with Crippen molar-refractivity contribution < 1.29 is 4.74 Å². The number of nitrogens with zero attached hydrogens (tertiary/aromatic N) is 4. The minimum Gasteiger partial charge on any atom is -0.376 e. The van der Waals surface area contributed by atoms with Crippen LogP contribution in [0.15, 0.2) is 67.1 Å². The minimum absolute atomic E-state index is 0.499. The molecule has 0 saturated carbocycles. The molecule has 7 nitrogen and oxygen atoms in total. The normalized spacial score (nSPS) is 13.1. The molecule has 0 atom stereocenters. The Balaban J connectivity index is 1.51. The minimum atomic E-state index is 0.499. The van der Waals surface area contributed by atoms with Gasteiger partial charge in [-0.1, -0.05) is 42.5 Å². The van der Waals surface area contributed by atoms with Crippen LogP contribution >= 0.6 is 0 Å². The average Bonchev–Trinajstić information content (AvgIpc) is 3.29. The van der Waals surface area contributed by atoms with Crippen molar-refractivity contribution in [2.45, 2.75) is 19.4 Å². The molecule has 0 fully saturated rings. The maximum Gasteiger partial charge on any atom is 0.237 e. The van der Waals surface area contributed by atoms with Crippen LogP contribution in [0.3, 0.4) is 0 Å². The highest BCUT2D eigenvalue weighted by Gasteiger charge is 2.19. The van der Waals surface area contributed by atoms with Gasteiger partial charge >= 0.3 is 0 Å². The van der Waals surface area contributed by atoms with Crippen molar-refractivity contribution >= 4 is 11.5 Å². The highest BCUT2D eigenvalue weighted by Crippen LogP contribution is 2.28. The molecule has 0 saturated heterocycles. The lowest BCUT2D eigenvalue weighted by Gasteiger charge is -2.20. The van der Waals surface area contributed by atoms with E-state index in [0.29, 0.717) is 25.7 Å². The van der Waals surface area contributed by atoms with Crippen molar-refractivity contribution in [1.82, 2.24) is 19.5 Å². The zero-order valence-electron chi connectivity index (χ0n) is 17.2. The third-order valence-electron chi connectivity index (χ3n) is 5.31. The van der Waals surface area contributed by atoms with Crippen LogP contribution in [0.25, 0.3) is 17.1 Å². The second-order valence-electron chi connectivity index (χ2n) is 7.48. The highest BCUT2D eigenvalue weighted by atomic mass is 16.5. The predicted octanol–water partition coefficient (Wildman–Crippen LogP) is 3.65. The van der Waals surface area contributed by atoms with Crippen LogP contribution in [0.5, 0.6) is 0 Å². The molecule has 3 heterocycles. The molecule has 4 aromatic rings. The molecule has 3 N–H and O–H groups in total. The number of hydrogen-bond donors (Lipinski definition) is 2. The first kappa shape index (κ1) is 19.4. The molecule has 1 aliphatic heterocycles. The van der Waals surface area contributed by atoms with E-state index in [0.717, 1.165) is 46.9 Å². The molecular formula is C24H24N6O. The van der Waals surface area contributed by atoms with E-state index in [4.69, 9.17) is 20.4 Å². The molecule has 1 aliphatic rings.